The van der Waals surface area contributed by atoms with Crippen molar-refractivity contribution in [2.24, 2.45) is 0 Å². The van der Waals surface area contributed by atoms with E-state index in [0.717, 1.165) is 22.3 Å². The lowest BCUT2D eigenvalue weighted by molar-refractivity contribution is -0.142. The number of carboxylic acids is 1. The molecule has 1 unspecified atom stereocenters. The third kappa shape index (κ3) is 5.26. The molecule has 0 spiro atoms. The second-order valence-corrected chi connectivity index (χ2v) is 7.61. The maximum Gasteiger partial charge on any atom is 0.407 e. The molecule has 0 fully saturated rings. The number of carbonyl (C=O) groups excluding carboxylic acids is 2. The number of nitrogens with one attached hydrogen (secondary N) is 2. The molecule has 2 aromatic carbocycles. The molecule has 0 aromatic heterocycles. The topological polar surface area (TPSA) is 114 Å². The summed E-state index contributed by atoms with van der Waals surface area (Å²) in [6, 6.07) is 14.0. The Labute approximate surface area is 186 Å². The number of hydrogen-bond donors (Lipinski definition) is 3. The molecule has 8 nitrogen and oxygen atoms in total. The van der Waals surface area contributed by atoms with Gasteiger partial charge in [0.15, 0.2) is 0 Å². The quantitative estimate of drug-likeness (QED) is 0.524. The Morgan fingerprint density at radius 1 is 0.969 bits per heavy atom. The third-order valence-electron chi connectivity index (χ3n) is 5.59. The SMILES string of the molecule is CC[C@H](NC(=O)OCC1c2ccccc2-c2ccccc21)C(=O)NC(CCOC)C(=O)O. The van der Waals surface area contributed by atoms with Gasteiger partial charge in [0.1, 0.15) is 18.7 Å². The van der Waals surface area contributed by atoms with Crippen LogP contribution >= 0.6 is 0 Å². The highest BCUT2D eigenvalue weighted by Crippen LogP contribution is 2.44. The molecule has 0 saturated carbocycles. The predicted octanol–water partition coefficient (Wildman–Crippen LogP) is 2.91. The summed E-state index contributed by atoms with van der Waals surface area (Å²) in [7, 11) is 1.45. The number of rotatable bonds is 10. The zero-order valence-electron chi connectivity index (χ0n) is 18.2. The zero-order valence-corrected chi connectivity index (χ0v) is 18.2. The fraction of sp³-hybridized carbons (Fsp3) is 0.375. The van der Waals surface area contributed by atoms with Gasteiger partial charge in [-0.2, -0.15) is 0 Å². The van der Waals surface area contributed by atoms with E-state index < -0.39 is 30.1 Å². The van der Waals surface area contributed by atoms with Gasteiger partial charge in [0.05, 0.1) is 0 Å². The van der Waals surface area contributed by atoms with E-state index in [2.05, 4.69) is 10.6 Å². The molecule has 3 rings (SSSR count). The van der Waals surface area contributed by atoms with Crippen molar-refractivity contribution < 1.29 is 29.0 Å². The molecule has 0 saturated heterocycles. The number of fused-ring (bicyclic) bond motifs is 3. The van der Waals surface area contributed by atoms with Gasteiger partial charge in [0.25, 0.3) is 0 Å². The Morgan fingerprint density at radius 3 is 2.09 bits per heavy atom. The zero-order chi connectivity index (χ0) is 23.1. The van der Waals surface area contributed by atoms with Crippen LogP contribution in [0.4, 0.5) is 4.79 Å². The van der Waals surface area contributed by atoms with Crippen LogP contribution in [0.3, 0.4) is 0 Å². The van der Waals surface area contributed by atoms with Gasteiger partial charge in [-0.15, -0.1) is 0 Å². The summed E-state index contributed by atoms with van der Waals surface area (Å²) in [5.41, 5.74) is 4.43. The van der Waals surface area contributed by atoms with E-state index in [1.165, 1.54) is 7.11 Å². The van der Waals surface area contributed by atoms with Crippen molar-refractivity contribution in [2.75, 3.05) is 20.3 Å². The van der Waals surface area contributed by atoms with Gasteiger partial charge in [-0.1, -0.05) is 55.5 Å². The molecule has 2 amide bonds. The van der Waals surface area contributed by atoms with Crippen LogP contribution in [0.5, 0.6) is 0 Å². The summed E-state index contributed by atoms with van der Waals surface area (Å²) >= 11 is 0. The Kier molecular flexibility index (Phi) is 7.83. The number of carboxylic acid groups (broad SMARTS) is 1. The van der Waals surface area contributed by atoms with Crippen molar-refractivity contribution >= 4 is 18.0 Å². The molecule has 0 heterocycles. The summed E-state index contributed by atoms with van der Waals surface area (Å²) in [5.74, 6) is -1.83. The largest absolute Gasteiger partial charge is 0.480 e. The van der Waals surface area contributed by atoms with Crippen LogP contribution in [0.2, 0.25) is 0 Å². The molecule has 2 atom stereocenters. The predicted molar refractivity (Wildman–Crippen MR) is 118 cm³/mol. The first kappa shape index (κ1) is 23.3. The van der Waals surface area contributed by atoms with Gasteiger partial charge in [-0.25, -0.2) is 9.59 Å². The highest BCUT2D eigenvalue weighted by atomic mass is 16.5. The van der Waals surface area contributed by atoms with Crippen molar-refractivity contribution in [3.8, 4) is 11.1 Å². The average Bonchev–Trinajstić information content (AvgIpc) is 3.12. The van der Waals surface area contributed by atoms with E-state index >= 15 is 0 Å². The summed E-state index contributed by atoms with van der Waals surface area (Å²) < 4.78 is 10.4. The van der Waals surface area contributed by atoms with Crippen molar-refractivity contribution in [1.82, 2.24) is 10.6 Å². The minimum atomic E-state index is -1.16. The molecule has 2 aromatic rings. The van der Waals surface area contributed by atoms with Crippen molar-refractivity contribution in [1.29, 1.82) is 0 Å². The highest BCUT2D eigenvalue weighted by molar-refractivity contribution is 5.89. The molecule has 0 aliphatic heterocycles. The Morgan fingerprint density at radius 2 is 1.56 bits per heavy atom. The summed E-state index contributed by atoms with van der Waals surface area (Å²) in [5, 5.41) is 14.3. The smallest absolute Gasteiger partial charge is 0.407 e. The van der Waals surface area contributed by atoms with E-state index in [4.69, 9.17) is 9.47 Å². The normalized spacial score (nSPS) is 14.1. The number of amides is 2. The molecular weight excluding hydrogens is 412 g/mol. The van der Waals surface area contributed by atoms with Gasteiger partial charge in [-0.05, 0) is 28.7 Å². The first-order valence-electron chi connectivity index (χ1n) is 10.6. The molecule has 8 heteroatoms. The lowest BCUT2D eigenvalue weighted by Gasteiger charge is -2.21. The minimum absolute atomic E-state index is 0.0903. The summed E-state index contributed by atoms with van der Waals surface area (Å²) in [4.78, 5) is 36.3. The molecule has 1 aliphatic carbocycles. The maximum atomic E-state index is 12.5. The van der Waals surface area contributed by atoms with E-state index in [1.54, 1.807) is 6.92 Å². The molecule has 0 bridgehead atoms. The van der Waals surface area contributed by atoms with Gasteiger partial charge in [-0.3, -0.25) is 4.79 Å². The van der Waals surface area contributed by atoms with E-state index in [0.29, 0.717) is 0 Å². The minimum Gasteiger partial charge on any atom is -0.480 e. The van der Waals surface area contributed by atoms with E-state index in [-0.39, 0.29) is 32.0 Å². The number of hydrogen-bond acceptors (Lipinski definition) is 5. The highest BCUT2D eigenvalue weighted by Gasteiger charge is 2.30. The van der Waals surface area contributed by atoms with Crippen LogP contribution in [0.25, 0.3) is 11.1 Å². The Balaban J connectivity index is 1.60. The Hall–Kier alpha value is -3.39. The number of carbonyl (C=O) groups is 3. The molecule has 3 N–H and O–H groups in total. The number of benzene rings is 2. The maximum absolute atomic E-state index is 12.5. The van der Waals surface area contributed by atoms with Gasteiger partial charge >= 0.3 is 12.1 Å². The van der Waals surface area contributed by atoms with Crippen LogP contribution in [0, 0.1) is 0 Å². The third-order valence-corrected chi connectivity index (χ3v) is 5.59. The summed E-state index contributed by atoms with van der Waals surface area (Å²) in [6.45, 7) is 2.04. The monoisotopic (exact) mass is 440 g/mol. The number of alkyl carbamates (subject to hydrolysis) is 1. The van der Waals surface area contributed by atoms with E-state index in [9.17, 15) is 19.5 Å². The molecule has 0 radical (unpaired) electrons. The van der Waals surface area contributed by atoms with Crippen LogP contribution in [-0.2, 0) is 19.1 Å². The standard InChI is InChI=1S/C24H28N2O6/c1-3-20(22(27)25-21(23(28)29)12-13-31-2)26-24(30)32-14-19-17-10-6-4-8-15(17)16-9-5-7-11-18(16)19/h4-11,19-21H,3,12-14H2,1-2H3,(H,25,27)(H,26,30)(H,28,29)/t20-,21?/m0/s1. The lowest BCUT2D eigenvalue weighted by atomic mass is 9.98. The molecule has 32 heavy (non-hydrogen) atoms. The van der Waals surface area contributed by atoms with Gasteiger partial charge in [0, 0.05) is 26.1 Å². The first-order chi connectivity index (χ1) is 15.5. The van der Waals surface area contributed by atoms with Crippen molar-refractivity contribution in [3.63, 3.8) is 0 Å². The van der Waals surface area contributed by atoms with Crippen LogP contribution in [0.1, 0.15) is 36.8 Å². The van der Waals surface area contributed by atoms with Crippen LogP contribution in [0.15, 0.2) is 48.5 Å². The fourth-order valence-electron chi connectivity index (χ4n) is 3.90. The van der Waals surface area contributed by atoms with Gasteiger partial charge < -0.3 is 25.2 Å². The first-order valence-corrected chi connectivity index (χ1v) is 10.6. The second-order valence-electron chi connectivity index (χ2n) is 7.61. The van der Waals surface area contributed by atoms with Crippen LogP contribution < -0.4 is 10.6 Å². The van der Waals surface area contributed by atoms with Crippen molar-refractivity contribution in [3.05, 3.63) is 59.7 Å². The second kappa shape index (κ2) is 10.8. The fourth-order valence-corrected chi connectivity index (χ4v) is 3.90. The molecule has 1 aliphatic rings. The number of methoxy groups -OCH3 is 1. The number of ether oxygens (including phenoxy) is 2. The van der Waals surface area contributed by atoms with Crippen molar-refractivity contribution in [2.45, 2.75) is 37.8 Å². The molecule has 170 valence electrons. The Bertz CT molecular complexity index is 931. The number of aliphatic carboxylic acids is 1. The average molecular weight is 440 g/mol. The van der Waals surface area contributed by atoms with Gasteiger partial charge in [0.2, 0.25) is 5.91 Å². The lowest BCUT2D eigenvalue weighted by Crippen LogP contribution is -2.51. The van der Waals surface area contributed by atoms with E-state index in [1.807, 2.05) is 48.5 Å². The summed E-state index contributed by atoms with van der Waals surface area (Å²) in [6.07, 6.45) is -0.316. The van der Waals surface area contributed by atoms with Crippen LogP contribution in [-0.4, -0.2) is 55.5 Å². The molecular formula is C24H28N2O6.